The third-order valence-electron chi connectivity index (χ3n) is 4.68. The highest BCUT2D eigenvalue weighted by atomic mass is 19.1. The molecule has 144 valence electrons. The van der Waals surface area contributed by atoms with Crippen molar-refractivity contribution in [1.82, 2.24) is 4.90 Å². The number of hydrogen-bond acceptors (Lipinski definition) is 4. The van der Waals surface area contributed by atoms with E-state index in [9.17, 15) is 18.7 Å². The van der Waals surface area contributed by atoms with Crippen LogP contribution in [0.15, 0.2) is 42.5 Å². The fraction of sp³-hybridized carbons (Fsp3) is 0.350. The van der Waals surface area contributed by atoms with Crippen LogP contribution >= 0.6 is 0 Å². The smallest absolute Gasteiger partial charge is 0.255 e. The van der Waals surface area contributed by atoms with Gasteiger partial charge in [0.05, 0.1) is 31.0 Å². The van der Waals surface area contributed by atoms with Gasteiger partial charge in [0.15, 0.2) is 0 Å². The molecule has 5 nitrogen and oxygen atoms in total. The van der Waals surface area contributed by atoms with Gasteiger partial charge in [-0.2, -0.15) is 0 Å². The lowest BCUT2D eigenvalue weighted by molar-refractivity contribution is 0.0808. The summed E-state index contributed by atoms with van der Waals surface area (Å²) in [6.07, 6.45) is -0.499. The molecule has 2 aromatic rings. The number of anilines is 1. The lowest BCUT2D eigenvalue weighted by Crippen LogP contribution is -2.42. The molecule has 1 heterocycles. The Labute approximate surface area is 156 Å². The number of benzene rings is 2. The first-order chi connectivity index (χ1) is 13.0. The van der Waals surface area contributed by atoms with Crippen LogP contribution in [0.25, 0.3) is 0 Å². The molecule has 1 aliphatic heterocycles. The van der Waals surface area contributed by atoms with E-state index in [2.05, 4.69) is 10.2 Å². The lowest BCUT2D eigenvalue weighted by atomic mass is 10.1. The Morgan fingerprint density at radius 2 is 1.96 bits per heavy atom. The zero-order chi connectivity index (χ0) is 19.4. The number of halogens is 2. The van der Waals surface area contributed by atoms with Crippen LogP contribution in [0.1, 0.15) is 22.8 Å². The van der Waals surface area contributed by atoms with Crippen LogP contribution < -0.4 is 5.32 Å². The Balaban J connectivity index is 1.64. The second-order valence-electron chi connectivity index (χ2n) is 6.51. The van der Waals surface area contributed by atoms with Crippen molar-refractivity contribution in [2.24, 2.45) is 0 Å². The van der Waals surface area contributed by atoms with Gasteiger partial charge in [-0.25, -0.2) is 8.78 Å². The lowest BCUT2D eigenvalue weighted by Gasteiger charge is -2.28. The third kappa shape index (κ3) is 4.68. The summed E-state index contributed by atoms with van der Waals surface area (Å²) in [6.45, 7) is 4.25. The number of nitrogens with zero attached hydrogens (tertiary/aromatic N) is 1. The molecule has 27 heavy (non-hydrogen) atoms. The fourth-order valence-corrected chi connectivity index (χ4v) is 3.13. The molecule has 0 unspecified atom stereocenters. The summed E-state index contributed by atoms with van der Waals surface area (Å²) in [7, 11) is 0. The average Bonchev–Trinajstić information content (AvgIpc) is 3.08. The first-order valence-electron chi connectivity index (χ1n) is 8.83. The highest BCUT2D eigenvalue weighted by molar-refractivity contribution is 6.04. The van der Waals surface area contributed by atoms with Crippen molar-refractivity contribution in [3.05, 3.63) is 65.2 Å². The average molecular weight is 376 g/mol. The molecular formula is C20H22F2N2O3. The van der Waals surface area contributed by atoms with E-state index in [1.54, 1.807) is 12.1 Å². The second kappa shape index (κ2) is 8.56. The van der Waals surface area contributed by atoms with Gasteiger partial charge < -0.3 is 15.2 Å². The monoisotopic (exact) mass is 376 g/mol. The molecule has 1 saturated heterocycles. The van der Waals surface area contributed by atoms with Gasteiger partial charge in [-0.3, -0.25) is 9.69 Å². The molecule has 2 aromatic carbocycles. The minimum absolute atomic E-state index is 0.0422. The van der Waals surface area contributed by atoms with E-state index in [0.717, 1.165) is 24.2 Å². The van der Waals surface area contributed by atoms with Crippen molar-refractivity contribution in [2.45, 2.75) is 25.6 Å². The zero-order valence-electron chi connectivity index (χ0n) is 15.0. The third-order valence-corrected chi connectivity index (χ3v) is 4.68. The number of nitrogens with one attached hydrogen (secondary N) is 1. The number of rotatable bonds is 6. The molecule has 7 heteroatoms. The highest BCUT2D eigenvalue weighted by Gasteiger charge is 2.30. The number of carbonyl (C=O) groups is 1. The molecule has 3 rings (SSSR count). The van der Waals surface area contributed by atoms with Crippen molar-refractivity contribution in [1.29, 1.82) is 0 Å². The van der Waals surface area contributed by atoms with Crippen LogP contribution in [-0.2, 0) is 11.3 Å². The normalized spacial score (nSPS) is 19.4. The molecule has 2 atom stereocenters. The predicted octanol–water partition coefficient (Wildman–Crippen LogP) is 2.80. The summed E-state index contributed by atoms with van der Waals surface area (Å²) in [5.41, 5.74) is 1.29. The van der Waals surface area contributed by atoms with Gasteiger partial charge in [0, 0.05) is 18.2 Å². The van der Waals surface area contributed by atoms with Gasteiger partial charge in [0.2, 0.25) is 0 Å². The quantitative estimate of drug-likeness (QED) is 0.814. The van der Waals surface area contributed by atoms with Crippen LogP contribution in [-0.4, -0.2) is 47.8 Å². The number of carbonyl (C=O) groups excluding carboxylic acids is 1. The zero-order valence-corrected chi connectivity index (χ0v) is 15.0. The number of amides is 1. The molecule has 1 amide bonds. The summed E-state index contributed by atoms with van der Waals surface area (Å²) in [6, 6.07) is 9.90. The first kappa shape index (κ1) is 19.4. The summed E-state index contributed by atoms with van der Waals surface area (Å²) in [5, 5.41) is 12.4. The van der Waals surface area contributed by atoms with E-state index in [-0.39, 0.29) is 11.7 Å². The molecule has 1 aliphatic rings. The van der Waals surface area contributed by atoms with Crippen molar-refractivity contribution in [3.63, 3.8) is 0 Å². The van der Waals surface area contributed by atoms with Crippen molar-refractivity contribution in [2.75, 3.05) is 25.1 Å². The Morgan fingerprint density at radius 3 is 2.56 bits per heavy atom. The molecule has 0 aromatic heterocycles. The fourth-order valence-electron chi connectivity index (χ4n) is 3.13. The Kier molecular flexibility index (Phi) is 6.15. The van der Waals surface area contributed by atoms with Crippen LogP contribution in [0.5, 0.6) is 0 Å². The summed E-state index contributed by atoms with van der Waals surface area (Å²) < 4.78 is 31.9. The Hall–Kier alpha value is -2.35. The van der Waals surface area contributed by atoms with E-state index >= 15 is 0 Å². The first-order valence-corrected chi connectivity index (χ1v) is 8.83. The van der Waals surface area contributed by atoms with Crippen LogP contribution in [0.3, 0.4) is 0 Å². The summed E-state index contributed by atoms with van der Waals surface area (Å²) in [4.78, 5) is 14.4. The molecule has 0 saturated carbocycles. The number of hydrogen-bond donors (Lipinski definition) is 2. The molecule has 2 N–H and O–H groups in total. The number of likely N-dealkylation sites (N-methyl/N-ethyl adjacent to an activating group) is 1. The van der Waals surface area contributed by atoms with Gasteiger partial charge in [0.1, 0.15) is 11.6 Å². The maximum absolute atomic E-state index is 13.7. The van der Waals surface area contributed by atoms with Gasteiger partial charge in [-0.05, 0) is 36.4 Å². The molecule has 0 aliphatic carbocycles. The maximum Gasteiger partial charge on any atom is 0.255 e. The summed E-state index contributed by atoms with van der Waals surface area (Å²) >= 11 is 0. The molecule has 1 fully saturated rings. The molecular weight excluding hydrogens is 354 g/mol. The largest absolute Gasteiger partial charge is 0.389 e. The summed E-state index contributed by atoms with van der Waals surface area (Å²) in [5.74, 6) is -2.00. The van der Waals surface area contributed by atoms with Crippen LogP contribution in [0.4, 0.5) is 14.5 Å². The van der Waals surface area contributed by atoms with Crippen LogP contribution in [0.2, 0.25) is 0 Å². The van der Waals surface area contributed by atoms with Gasteiger partial charge >= 0.3 is 0 Å². The minimum atomic E-state index is -0.823. The van der Waals surface area contributed by atoms with Crippen molar-refractivity contribution < 1.29 is 23.4 Å². The van der Waals surface area contributed by atoms with E-state index < -0.39 is 23.6 Å². The SMILES string of the molecule is CCN(Cc1ccc(C(=O)Nc2ccc(F)cc2F)cc1)[C@@H]1COC[C@H]1O. The second-order valence-corrected chi connectivity index (χ2v) is 6.51. The Morgan fingerprint density at radius 1 is 1.22 bits per heavy atom. The van der Waals surface area contributed by atoms with Gasteiger partial charge in [0.25, 0.3) is 5.91 Å². The highest BCUT2D eigenvalue weighted by Crippen LogP contribution is 2.18. The predicted molar refractivity (Wildman–Crippen MR) is 97.5 cm³/mol. The van der Waals surface area contributed by atoms with Crippen molar-refractivity contribution >= 4 is 11.6 Å². The van der Waals surface area contributed by atoms with Crippen molar-refractivity contribution in [3.8, 4) is 0 Å². The number of ether oxygens (including phenoxy) is 1. The topological polar surface area (TPSA) is 61.8 Å². The van der Waals surface area contributed by atoms with E-state index in [1.807, 2.05) is 19.1 Å². The molecule has 0 bridgehead atoms. The Bertz CT molecular complexity index is 798. The minimum Gasteiger partial charge on any atom is -0.389 e. The van der Waals surface area contributed by atoms with Gasteiger partial charge in [-0.15, -0.1) is 0 Å². The number of aliphatic hydroxyl groups excluding tert-OH is 1. The molecule has 0 spiro atoms. The van der Waals surface area contributed by atoms with Gasteiger partial charge in [-0.1, -0.05) is 19.1 Å². The van der Waals surface area contributed by atoms with E-state index in [1.165, 1.54) is 6.07 Å². The molecule has 0 radical (unpaired) electrons. The standard InChI is InChI=1S/C20H22F2N2O3/c1-2-24(18-11-27-12-19(18)25)10-13-3-5-14(6-4-13)20(26)23-17-8-7-15(21)9-16(17)22/h3-9,18-19,25H,2,10-12H2,1H3,(H,23,26)/t18-,19-/m1/s1. The van der Waals surface area contributed by atoms with E-state index in [0.29, 0.717) is 25.3 Å². The maximum atomic E-state index is 13.7. The van der Waals surface area contributed by atoms with E-state index in [4.69, 9.17) is 4.74 Å². The van der Waals surface area contributed by atoms with Crippen LogP contribution in [0, 0.1) is 11.6 Å². The number of aliphatic hydroxyl groups is 1.